The topological polar surface area (TPSA) is 99.6 Å². The number of nitrogens with zero attached hydrogens (tertiary/aromatic N) is 2. The van der Waals surface area contributed by atoms with Gasteiger partial charge < -0.3 is 9.84 Å². The summed E-state index contributed by atoms with van der Waals surface area (Å²) in [7, 11) is 1.45. The normalized spacial score (nSPS) is 10.7. The van der Waals surface area contributed by atoms with Crippen LogP contribution in [-0.2, 0) is 0 Å². The van der Waals surface area contributed by atoms with E-state index in [1.165, 1.54) is 25.6 Å². The first-order chi connectivity index (χ1) is 9.61. The molecule has 1 aromatic heterocycles. The molecule has 0 aliphatic rings. The van der Waals surface area contributed by atoms with Crippen LogP contribution in [0.5, 0.6) is 11.5 Å². The molecule has 0 saturated carbocycles. The largest absolute Gasteiger partial charge is 0.504 e. The van der Waals surface area contributed by atoms with Gasteiger partial charge in [-0.1, -0.05) is 11.6 Å². The van der Waals surface area contributed by atoms with Crippen LogP contribution in [-0.4, -0.2) is 28.6 Å². The molecule has 0 unspecified atom stereocenters. The van der Waals surface area contributed by atoms with Gasteiger partial charge in [0, 0.05) is 0 Å². The molecule has 0 radical (unpaired) electrons. The van der Waals surface area contributed by atoms with Crippen LogP contribution < -0.4 is 15.7 Å². The highest BCUT2D eigenvalue weighted by atomic mass is 35.5. The fourth-order valence-electron chi connectivity index (χ4n) is 1.41. The Morgan fingerprint density at radius 3 is 3.10 bits per heavy atom. The number of aromatic hydroxyl groups is 1. The van der Waals surface area contributed by atoms with E-state index in [2.05, 4.69) is 20.7 Å². The minimum Gasteiger partial charge on any atom is -0.504 e. The number of methoxy groups -OCH3 is 1. The number of aromatic amines is 1. The van der Waals surface area contributed by atoms with Crippen LogP contribution in [0.4, 0.5) is 5.69 Å². The lowest BCUT2D eigenvalue weighted by atomic mass is 10.2. The third-order valence-electron chi connectivity index (χ3n) is 2.40. The Labute approximate surface area is 118 Å². The Balaban J connectivity index is 2.14. The maximum Gasteiger partial charge on any atom is 0.285 e. The van der Waals surface area contributed by atoms with Gasteiger partial charge in [-0.15, -0.1) is 0 Å². The standard InChI is InChI=1S/C12H11ClN4O3/c1-20-10-4-7(2-3-9(10)18)5-14-16-8-6-15-17-12(19)11(8)13/h2-6,18H,1H3,(H2,16,17,19)/b14-5-. The van der Waals surface area contributed by atoms with E-state index in [0.29, 0.717) is 11.3 Å². The van der Waals surface area contributed by atoms with E-state index in [4.69, 9.17) is 16.3 Å². The first kappa shape index (κ1) is 13.9. The van der Waals surface area contributed by atoms with Gasteiger partial charge in [0.05, 0.1) is 19.5 Å². The highest BCUT2D eigenvalue weighted by Crippen LogP contribution is 2.25. The average Bonchev–Trinajstić information content (AvgIpc) is 2.45. The summed E-state index contributed by atoms with van der Waals surface area (Å²) in [6, 6.07) is 4.75. The van der Waals surface area contributed by atoms with Crippen LogP contribution in [0.2, 0.25) is 5.02 Å². The van der Waals surface area contributed by atoms with Crippen LogP contribution in [0.1, 0.15) is 5.56 Å². The summed E-state index contributed by atoms with van der Waals surface area (Å²) in [4.78, 5) is 11.2. The SMILES string of the molecule is COc1cc(/C=N\Nc2cn[nH]c(=O)c2Cl)ccc1O. The number of hydrogen-bond acceptors (Lipinski definition) is 6. The van der Waals surface area contributed by atoms with Crippen molar-refractivity contribution in [1.29, 1.82) is 0 Å². The second-order valence-electron chi connectivity index (χ2n) is 3.73. The van der Waals surface area contributed by atoms with E-state index in [-0.39, 0.29) is 16.5 Å². The van der Waals surface area contributed by atoms with Gasteiger partial charge in [-0.3, -0.25) is 10.2 Å². The van der Waals surface area contributed by atoms with Gasteiger partial charge in [0.25, 0.3) is 5.56 Å². The molecule has 0 aliphatic heterocycles. The number of phenols is 1. The third-order valence-corrected chi connectivity index (χ3v) is 2.77. The van der Waals surface area contributed by atoms with E-state index in [1.807, 2.05) is 0 Å². The second kappa shape index (κ2) is 6.07. The Kier molecular flexibility index (Phi) is 4.21. The zero-order valence-corrected chi connectivity index (χ0v) is 11.2. The molecular formula is C12H11ClN4O3. The van der Waals surface area contributed by atoms with Crippen LogP contribution in [0.3, 0.4) is 0 Å². The van der Waals surface area contributed by atoms with Crippen molar-refractivity contribution in [3.05, 3.63) is 45.3 Å². The fourth-order valence-corrected chi connectivity index (χ4v) is 1.55. The van der Waals surface area contributed by atoms with Gasteiger partial charge in [0.2, 0.25) is 0 Å². The maximum absolute atomic E-state index is 11.2. The molecule has 20 heavy (non-hydrogen) atoms. The van der Waals surface area contributed by atoms with Gasteiger partial charge >= 0.3 is 0 Å². The highest BCUT2D eigenvalue weighted by Gasteiger charge is 2.03. The van der Waals surface area contributed by atoms with E-state index in [9.17, 15) is 9.90 Å². The number of benzene rings is 1. The van der Waals surface area contributed by atoms with Crippen molar-refractivity contribution in [2.45, 2.75) is 0 Å². The monoisotopic (exact) mass is 294 g/mol. The van der Waals surface area contributed by atoms with Crippen LogP contribution in [0, 0.1) is 0 Å². The molecule has 104 valence electrons. The fraction of sp³-hybridized carbons (Fsp3) is 0.0833. The molecule has 1 aromatic carbocycles. The van der Waals surface area contributed by atoms with E-state index in [1.54, 1.807) is 12.1 Å². The molecule has 0 saturated heterocycles. The molecule has 0 fully saturated rings. The molecule has 8 heteroatoms. The smallest absolute Gasteiger partial charge is 0.285 e. The Bertz CT molecular complexity index is 699. The lowest BCUT2D eigenvalue weighted by Crippen LogP contribution is -2.10. The van der Waals surface area contributed by atoms with Crippen molar-refractivity contribution in [3.8, 4) is 11.5 Å². The van der Waals surface area contributed by atoms with E-state index >= 15 is 0 Å². The van der Waals surface area contributed by atoms with E-state index < -0.39 is 5.56 Å². The Morgan fingerprint density at radius 2 is 2.35 bits per heavy atom. The predicted molar refractivity (Wildman–Crippen MR) is 75.7 cm³/mol. The molecular weight excluding hydrogens is 284 g/mol. The lowest BCUT2D eigenvalue weighted by Gasteiger charge is -2.04. The van der Waals surface area contributed by atoms with Gasteiger partial charge in [0.15, 0.2) is 11.5 Å². The number of rotatable bonds is 4. The van der Waals surface area contributed by atoms with Crippen molar-refractivity contribution in [2.24, 2.45) is 5.10 Å². The first-order valence-corrected chi connectivity index (χ1v) is 5.89. The summed E-state index contributed by atoms with van der Waals surface area (Å²) in [6.07, 6.45) is 2.83. The quantitative estimate of drug-likeness (QED) is 0.587. The molecule has 7 nitrogen and oxygen atoms in total. The number of aromatic nitrogens is 2. The number of anilines is 1. The van der Waals surface area contributed by atoms with Crippen LogP contribution in [0.15, 0.2) is 34.3 Å². The molecule has 2 aromatic rings. The summed E-state index contributed by atoms with van der Waals surface area (Å²) < 4.78 is 4.98. The number of phenolic OH excluding ortho intramolecular Hbond substituents is 1. The minimum atomic E-state index is -0.502. The summed E-state index contributed by atoms with van der Waals surface area (Å²) in [5.74, 6) is 0.379. The number of halogens is 1. The molecule has 2 rings (SSSR count). The number of H-pyrrole nitrogens is 1. The summed E-state index contributed by atoms with van der Waals surface area (Å²) in [5.41, 5.74) is 3.09. The first-order valence-electron chi connectivity index (χ1n) is 5.51. The average molecular weight is 295 g/mol. The second-order valence-corrected chi connectivity index (χ2v) is 4.11. The van der Waals surface area contributed by atoms with Gasteiger partial charge in [-0.25, -0.2) is 5.10 Å². The number of nitrogens with one attached hydrogen (secondary N) is 2. The van der Waals surface area contributed by atoms with Gasteiger partial charge in [-0.2, -0.15) is 10.2 Å². The molecule has 0 atom stereocenters. The molecule has 0 bridgehead atoms. The summed E-state index contributed by atoms with van der Waals surface area (Å²) in [5, 5.41) is 19.2. The van der Waals surface area contributed by atoms with Crippen molar-refractivity contribution in [2.75, 3.05) is 12.5 Å². The number of hydrogen-bond donors (Lipinski definition) is 3. The van der Waals surface area contributed by atoms with Gasteiger partial charge in [0.1, 0.15) is 10.7 Å². The van der Waals surface area contributed by atoms with Crippen LogP contribution in [0.25, 0.3) is 0 Å². The van der Waals surface area contributed by atoms with Crippen molar-refractivity contribution in [1.82, 2.24) is 10.2 Å². The minimum absolute atomic E-state index is 0.0274. The zero-order valence-electron chi connectivity index (χ0n) is 10.4. The van der Waals surface area contributed by atoms with Crippen molar-refractivity contribution >= 4 is 23.5 Å². The summed E-state index contributed by atoms with van der Waals surface area (Å²) in [6.45, 7) is 0. The zero-order chi connectivity index (χ0) is 14.5. The van der Waals surface area contributed by atoms with Crippen molar-refractivity contribution in [3.63, 3.8) is 0 Å². The lowest BCUT2D eigenvalue weighted by molar-refractivity contribution is 0.373. The maximum atomic E-state index is 11.2. The van der Waals surface area contributed by atoms with E-state index in [0.717, 1.165) is 0 Å². The van der Waals surface area contributed by atoms with Gasteiger partial charge in [-0.05, 0) is 23.8 Å². The number of ether oxygens (including phenoxy) is 1. The van der Waals surface area contributed by atoms with Crippen LogP contribution >= 0.6 is 11.6 Å². The predicted octanol–water partition coefficient (Wildman–Crippen LogP) is 1.58. The highest BCUT2D eigenvalue weighted by molar-refractivity contribution is 6.32. The molecule has 0 aliphatic carbocycles. The number of hydrazone groups is 1. The third kappa shape index (κ3) is 3.07. The van der Waals surface area contributed by atoms with Crippen molar-refractivity contribution < 1.29 is 9.84 Å². The molecule has 1 heterocycles. The Hall–Kier alpha value is -2.54. The Morgan fingerprint density at radius 1 is 1.55 bits per heavy atom. The molecule has 0 amide bonds. The molecule has 0 spiro atoms. The summed E-state index contributed by atoms with van der Waals surface area (Å²) >= 11 is 5.77. The molecule has 3 N–H and O–H groups in total.